The number of amides is 1. The first-order valence-electron chi connectivity index (χ1n) is 4.11. The molecule has 1 rings (SSSR count). The first-order chi connectivity index (χ1) is 5.75. The van der Waals surface area contributed by atoms with Gasteiger partial charge in [-0.1, -0.05) is 0 Å². The Bertz CT molecular complexity index is 209. The largest absolute Gasteiger partial charge is 0.344 e. The van der Waals surface area contributed by atoms with Gasteiger partial charge in [-0.05, 0) is 6.42 Å². The number of carbonyl (C=O) groups is 1. The smallest absolute Gasteiger partial charge is 0.239 e. The van der Waals surface area contributed by atoms with E-state index in [1.807, 2.05) is 6.07 Å². The Labute approximate surface area is 72.2 Å². The van der Waals surface area contributed by atoms with Crippen molar-refractivity contribution in [1.29, 1.82) is 5.26 Å². The summed E-state index contributed by atoms with van der Waals surface area (Å²) >= 11 is 0. The fourth-order valence-corrected chi connectivity index (χ4v) is 1.31. The van der Waals surface area contributed by atoms with Crippen molar-refractivity contribution in [2.75, 3.05) is 20.1 Å². The molecule has 4 heteroatoms. The van der Waals surface area contributed by atoms with Crippen molar-refractivity contribution in [1.82, 2.24) is 10.2 Å². The van der Waals surface area contributed by atoms with Crippen molar-refractivity contribution in [3.8, 4) is 6.07 Å². The highest BCUT2D eigenvalue weighted by atomic mass is 16.2. The molecule has 0 aromatic rings. The second-order valence-corrected chi connectivity index (χ2v) is 2.96. The summed E-state index contributed by atoms with van der Waals surface area (Å²) < 4.78 is 0. The molecule has 4 nitrogen and oxygen atoms in total. The molecule has 0 bridgehead atoms. The third kappa shape index (κ3) is 1.95. The van der Waals surface area contributed by atoms with Crippen LogP contribution in [-0.4, -0.2) is 37.0 Å². The van der Waals surface area contributed by atoms with Gasteiger partial charge in [0, 0.05) is 26.6 Å². The van der Waals surface area contributed by atoms with Gasteiger partial charge < -0.3 is 10.2 Å². The molecule has 0 aromatic carbocycles. The molecule has 1 N–H and O–H groups in total. The van der Waals surface area contributed by atoms with Crippen LogP contribution in [0.5, 0.6) is 0 Å². The molecule has 0 aromatic heterocycles. The molecular weight excluding hydrogens is 154 g/mol. The minimum atomic E-state index is -0.0525. The summed E-state index contributed by atoms with van der Waals surface area (Å²) in [6.07, 6.45) is 1.33. The van der Waals surface area contributed by atoms with Crippen LogP contribution in [0.2, 0.25) is 0 Å². The Kier molecular flexibility index (Phi) is 3.06. The molecule has 0 saturated carbocycles. The van der Waals surface area contributed by atoms with Gasteiger partial charge in [-0.25, -0.2) is 0 Å². The minimum Gasteiger partial charge on any atom is -0.344 e. The van der Waals surface area contributed by atoms with Gasteiger partial charge in [-0.15, -0.1) is 0 Å². The highest BCUT2D eigenvalue weighted by Crippen LogP contribution is 2.07. The predicted molar refractivity (Wildman–Crippen MR) is 44.3 cm³/mol. The molecule has 1 unspecified atom stereocenters. The molecule has 0 radical (unpaired) electrons. The second-order valence-electron chi connectivity index (χ2n) is 2.96. The zero-order valence-electron chi connectivity index (χ0n) is 7.21. The summed E-state index contributed by atoms with van der Waals surface area (Å²) in [5.74, 6) is 0.146. The van der Waals surface area contributed by atoms with E-state index in [-0.39, 0.29) is 11.9 Å². The fraction of sp³-hybridized carbons (Fsp3) is 0.750. The molecule has 0 aliphatic carbocycles. The zero-order valence-corrected chi connectivity index (χ0v) is 7.21. The number of nitriles is 1. The van der Waals surface area contributed by atoms with Crippen LogP contribution in [0.25, 0.3) is 0 Å². The van der Waals surface area contributed by atoms with Crippen LogP contribution >= 0.6 is 0 Å². The Morgan fingerprint density at radius 2 is 2.58 bits per heavy atom. The molecule has 1 fully saturated rings. The summed E-state index contributed by atoms with van der Waals surface area (Å²) in [7, 11) is 1.80. The van der Waals surface area contributed by atoms with Crippen LogP contribution in [0.4, 0.5) is 0 Å². The first-order valence-corrected chi connectivity index (χ1v) is 4.11. The molecule has 66 valence electrons. The summed E-state index contributed by atoms with van der Waals surface area (Å²) in [6.45, 7) is 1.43. The third-order valence-electron chi connectivity index (χ3n) is 2.06. The number of likely N-dealkylation sites (tertiary alicyclic amines) is 1. The second kappa shape index (κ2) is 4.07. The number of likely N-dealkylation sites (N-methyl/N-ethyl adjacent to an activating group) is 1. The van der Waals surface area contributed by atoms with Crippen molar-refractivity contribution in [3.63, 3.8) is 0 Å². The van der Waals surface area contributed by atoms with Crippen molar-refractivity contribution in [2.24, 2.45) is 0 Å². The number of nitrogens with zero attached hydrogens (tertiary/aromatic N) is 2. The molecule has 1 aliphatic heterocycles. The quantitative estimate of drug-likeness (QED) is 0.588. The van der Waals surface area contributed by atoms with E-state index in [0.29, 0.717) is 13.0 Å². The topological polar surface area (TPSA) is 56.1 Å². The van der Waals surface area contributed by atoms with Gasteiger partial charge in [0.25, 0.3) is 0 Å². The van der Waals surface area contributed by atoms with Gasteiger partial charge in [0.2, 0.25) is 5.91 Å². The number of hydrogen-bond donors (Lipinski definition) is 1. The first kappa shape index (κ1) is 9.01. The molecule has 0 spiro atoms. The highest BCUT2D eigenvalue weighted by Gasteiger charge is 2.27. The normalized spacial score (nSPS) is 22.8. The van der Waals surface area contributed by atoms with E-state index in [2.05, 4.69) is 5.32 Å². The van der Waals surface area contributed by atoms with E-state index >= 15 is 0 Å². The van der Waals surface area contributed by atoms with Crippen LogP contribution < -0.4 is 5.32 Å². The van der Waals surface area contributed by atoms with E-state index in [4.69, 9.17) is 5.26 Å². The van der Waals surface area contributed by atoms with E-state index < -0.39 is 0 Å². The van der Waals surface area contributed by atoms with Gasteiger partial charge in [0.05, 0.1) is 12.1 Å². The van der Waals surface area contributed by atoms with Crippen molar-refractivity contribution >= 4 is 5.91 Å². The van der Waals surface area contributed by atoms with Crippen LogP contribution in [0, 0.1) is 11.3 Å². The molecule has 1 atom stereocenters. The molecule has 1 saturated heterocycles. The van der Waals surface area contributed by atoms with Gasteiger partial charge in [0.1, 0.15) is 0 Å². The minimum absolute atomic E-state index is 0.0525. The third-order valence-corrected chi connectivity index (χ3v) is 2.06. The maximum atomic E-state index is 11.3. The van der Waals surface area contributed by atoms with Crippen molar-refractivity contribution in [2.45, 2.75) is 18.9 Å². The lowest BCUT2D eigenvalue weighted by Gasteiger charge is -2.10. The van der Waals surface area contributed by atoms with E-state index in [0.717, 1.165) is 13.0 Å². The lowest BCUT2D eigenvalue weighted by molar-refractivity contribution is -0.128. The maximum Gasteiger partial charge on any atom is 0.239 e. The summed E-state index contributed by atoms with van der Waals surface area (Å²) in [6, 6.07) is 1.98. The number of hydrogen-bond acceptors (Lipinski definition) is 3. The summed E-state index contributed by atoms with van der Waals surface area (Å²) in [5.41, 5.74) is 0. The highest BCUT2D eigenvalue weighted by molar-refractivity contribution is 5.83. The van der Waals surface area contributed by atoms with Crippen LogP contribution in [0.15, 0.2) is 0 Å². The van der Waals surface area contributed by atoms with E-state index in [1.54, 1.807) is 11.9 Å². The van der Waals surface area contributed by atoms with Gasteiger partial charge in [0.15, 0.2) is 0 Å². The van der Waals surface area contributed by atoms with Gasteiger partial charge >= 0.3 is 0 Å². The van der Waals surface area contributed by atoms with Gasteiger partial charge in [-0.3, -0.25) is 4.79 Å². The molecule has 1 heterocycles. The van der Waals surface area contributed by atoms with Crippen molar-refractivity contribution in [3.05, 3.63) is 0 Å². The Morgan fingerprint density at radius 1 is 1.83 bits per heavy atom. The Hall–Kier alpha value is -1.08. The zero-order chi connectivity index (χ0) is 8.97. The Morgan fingerprint density at radius 3 is 3.08 bits per heavy atom. The van der Waals surface area contributed by atoms with Crippen LogP contribution in [0.1, 0.15) is 12.8 Å². The standard InChI is InChI=1S/C8H13N3O/c1-11-6-3-7(8(11)12)10-5-2-4-9/h7,10H,2-3,5-6H2,1H3. The molecular formula is C8H13N3O. The lowest BCUT2D eigenvalue weighted by Crippen LogP contribution is -2.37. The number of nitrogens with one attached hydrogen (secondary N) is 1. The lowest BCUT2D eigenvalue weighted by atomic mass is 10.2. The number of rotatable bonds is 3. The number of carbonyl (C=O) groups excluding carboxylic acids is 1. The fourth-order valence-electron chi connectivity index (χ4n) is 1.31. The SMILES string of the molecule is CN1CCC(NCCC#N)C1=O. The molecule has 1 amide bonds. The molecule has 1 aliphatic rings. The Balaban J connectivity index is 2.26. The molecule has 12 heavy (non-hydrogen) atoms. The summed E-state index contributed by atoms with van der Waals surface area (Å²) in [5, 5.41) is 11.3. The maximum absolute atomic E-state index is 11.3. The average Bonchev–Trinajstić information content (AvgIpc) is 2.36. The summed E-state index contributed by atoms with van der Waals surface area (Å²) in [4.78, 5) is 13.0. The van der Waals surface area contributed by atoms with Gasteiger partial charge in [-0.2, -0.15) is 5.26 Å². The average molecular weight is 167 g/mol. The van der Waals surface area contributed by atoms with Crippen LogP contribution in [-0.2, 0) is 4.79 Å². The van der Waals surface area contributed by atoms with E-state index in [9.17, 15) is 4.79 Å². The predicted octanol–water partition coefficient (Wildman–Crippen LogP) is -0.280. The van der Waals surface area contributed by atoms with E-state index in [1.165, 1.54) is 0 Å². The van der Waals surface area contributed by atoms with Crippen molar-refractivity contribution < 1.29 is 4.79 Å². The van der Waals surface area contributed by atoms with Crippen LogP contribution in [0.3, 0.4) is 0 Å². The monoisotopic (exact) mass is 167 g/mol.